The van der Waals surface area contributed by atoms with E-state index in [9.17, 15) is 4.79 Å². The highest BCUT2D eigenvalue weighted by Crippen LogP contribution is 2.19. The van der Waals surface area contributed by atoms with Crippen molar-refractivity contribution in [3.8, 4) is 0 Å². The van der Waals surface area contributed by atoms with E-state index in [4.69, 9.17) is 11.6 Å². The van der Waals surface area contributed by atoms with E-state index in [2.05, 4.69) is 9.55 Å². The van der Waals surface area contributed by atoms with E-state index in [1.165, 1.54) is 0 Å². The Labute approximate surface area is 115 Å². The maximum absolute atomic E-state index is 11.0. The van der Waals surface area contributed by atoms with Gasteiger partial charge in [-0.15, -0.1) is 0 Å². The first kappa shape index (κ1) is 11.9. The average Bonchev–Trinajstić information content (AvgIpc) is 2.84. The van der Waals surface area contributed by atoms with Gasteiger partial charge in [0.05, 0.1) is 11.7 Å². The largest absolute Gasteiger partial charge is 0.342 e. The van der Waals surface area contributed by atoms with Crippen LogP contribution < -0.4 is 0 Å². The Morgan fingerprint density at radius 1 is 1.16 bits per heavy atom. The third kappa shape index (κ3) is 2.25. The molecule has 4 heteroatoms. The number of carbonyl (C=O) groups excluding carboxylic acids is 1. The Morgan fingerprint density at radius 2 is 1.95 bits per heavy atom. The van der Waals surface area contributed by atoms with Crippen LogP contribution in [0.5, 0.6) is 0 Å². The molecular formula is C15H11ClN2O. The number of carbonyl (C=O) groups is 1. The number of halogens is 1. The van der Waals surface area contributed by atoms with Gasteiger partial charge >= 0.3 is 0 Å². The molecule has 2 heterocycles. The Hall–Kier alpha value is -2.13. The monoisotopic (exact) mass is 270 g/mol. The molecule has 0 N–H and O–H groups in total. The molecule has 19 heavy (non-hydrogen) atoms. The number of aldehydes is 1. The minimum atomic E-state index is 0.618. The van der Waals surface area contributed by atoms with Gasteiger partial charge in [-0.3, -0.25) is 9.78 Å². The van der Waals surface area contributed by atoms with Gasteiger partial charge in [0.1, 0.15) is 0 Å². The summed E-state index contributed by atoms with van der Waals surface area (Å²) in [4.78, 5) is 15.1. The first-order chi connectivity index (χ1) is 9.28. The van der Waals surface area contributed by atoms with Crippen molar-refractivity contribution in [1.82, 2.24) is 9.55 Å². The predicted octanol–water partition coefficient (Wildman–Crippen LogP) is 3.55. The van der Waals surface area contributed by atoms with Crippen LogP contribution in [-0.4, -0.2) is 15.8 Å². The van der Waals surface area contributed by atoms with E-state index in [-0.39, 0.29) is 0 Å². The molecule has 0 fully saturated rings. The van der Waals surface area contributed by atoms with Crippen LogP contribution in [0.2, 0.25) is 5.02 Å². The van der Waals surface area contributed by atoms with Gasteiger partial charge in [0.2, 0.25) is 0 Å². The number of aromatic nitrogens is 2. The molecule has 0 amide bonds. The van der Waals surface area contributed by atoms with Gasteiger partial charge in [-0.25, -0.2) is 0 Å². The molecule has 3 aromatic rings. The summed E-state index contributed by atoms with van der Waals surface area (Å²) in [5, 5.41) is 1.66. The molecule has 0 spiro atoms. The van der Waals surface area contributed by atoms with Crippen LogP contribution in [0.3, 0.4) is 0 Å². The van der Waals surface area contributed by atoms with Crippen molar-refractivity contribution in [3.05, 3.63) is 65.1 Å². The Bertz CT molecular complexity index is 731. The summed E-state index contributed by atoms with van der Waals surface area (Å²) in [6.07, 6.45) is 6.16. The maximum Gasteiger partial charge on any atom is 0.152 e. The van der Waals surface area contributed by atoms with Crippen LogP contribution in [0.4, 0.5) is 0 Å². The van der Waals surface area contributed by atoms with Gasteiger partial charge in [0.15, 0.2) is 6.29 Å². The van der Waals surface area contributed by atoms with E-state index in [0.29, 0.717) is 5.56 Å². The van der Waals surface area contributed by atoms with Crippen LogP contribution in [0, 0.1) is 0 Å². The van der Waals surface area contributed by atoms with Crippen molar-refractivity contribution in [2.45, 2.75) is 6.54 Å². The van der Waals surface area contributed by atoms with Gasteiger partial charge in [-0.1, -0.05) is 23.7 Å². The van der Waals surface area contributed by atoms with Gasteiger partial charge in [-0.2, -0.15) is 0 Å². The second-order valence-electron chi connectivity index (χ2n) is 4.35. The molecule has 0 radical (unpaired) electrons. The number of fused-ring (bicyclic) bond motifs is 1. The minimum Gasteiger partial charge on any atom is -0.342 e. The number of pyridine rings is 1. The molecule has 3 rings (SSSR count). The molecule has 0 bridgehead atoms. The molecule has 0 saturated heterocycles. The summed E-state index contributed by atoms with van der Waals surface area (Å²) < 4.78 is 2.07. The summed E-state index contributed by atoms with van der Waals surface area (Å²) in [5.74, 6) is 0. The van der Waals surface area contributed by atoms with Crippen molar-refractivity contribution in [3.63, 3.8) is 0 Å². The van der Waals surface area contributed by atoms with Crippen molar-refractivity contribution in [2.75, 3.05) is 0 Å². The lowest BCUT2D eigenvalue weighted by Crippen LogP contribution is -1.98. The SMILES string of the molecule is O=Cc1cncc2c1ccn2Cc1ccc(Cl)cc1. The number of hydrogen-bond donors (Lipinski definition) is 0. The lowest BCUT2D eigenvalue weighted by atomic mass is 10.2. The average molecular weight is 271 g/mol. The van der Waals surface area contributed by atoms with Crippen molar-refractivity contribution >= 4 is 28.8 Å². The summed E-state index contributed by atoms with van der Waals surface area (Å²) in [6, 6.07) is 9.67. The van der Waals surface area contributed by atoms with E-state index < -0.39 is 0 Å². The topological polar surface area (TPSA) is 34.9 Å². The molecule has 0 aliphatic heterocycles. The zero-order valence-corrected chi connectivity index (χ0v) is 10.8. The van der Waals surface area contributed by atoms with Gasteiger partial charge in [-0.05, 0) is 23.8 Å². The number of rotatable bonds is 3. The summed E-state index contributed by atoms with van der Waals surface area (Å²) in [7, 11) is 0. The van der Waals surface area contributed by atoms with Crippen molar-refractivity contribution in [2.24, 2.45) is 0 Å². The molecular weight excluding hydrogens is 260 g/mol. The van der Waals surface area contributed by atoms with E-state index >= 15 is 0 Å². The van der Waals surface area contributed by atoms with Crippen LogP contribution >= 0.6 is 11.6 Å². The molecule has 0 aliphatic rings. The summed E-state index contributed by atoms with van der Waals surface area (Å²) in [6.45, 7) is 0.727. The zero-order valence-electron chi connectivity index (χ0n) is 10.1. The Morgan fingerprint density at radius 3 is 2.68 bits per heavy atom. The molecule has 0 atom stereocenters. The summed E-state index contributed by atoms with van der Waals surface area (Å²) >= 11 is 5.87. The standard InChI is InChI=1S/C15H11ClN2O/c16-13-3-1-11(2-4-13)9-18-6-5-14-12(10-19)7-17-8-15(14)18/h1-8,10H,9H2. The fraction of sp³-hybridized carbons (Fsp3) is 0.0667. The highest BCUT2D eigenvalue weighted by molar-refractivity contribution is 6.30. The fourth-order valence-corrected chi connectivity index (χ4v) is 2.27. The van der Waals surface area contributed by atoms with Crippen LogP contribution in [0.15, 0.2) is 48.9 Å². The molecule has 0 saturated carbocycles. The normalized spacial score (nSPS) is 10.8. The van der Waals surface area contributed by atoms with E-state index in [1.54, 1.807) is 12.4 Å². The predicted molar refractivity (Wildman–Crippen MR) is 75.7 cm³/mol. The van der Waals surface area contributed by atoms with Gasteiger partial charge in [0.25, 0.3) is 0 Å². The first-order valence-electron chi connectivity index (χ1n) is 5.90. The van der Waals surface area contributed by atoms with Crippen LogP contribution in [0.25, 0.3) is 10.9 Å². The second-order valence-corrected chi connectivity index (χ2v) is 4.79. The molecule has 0 aliphatic carbocycles. The Balaban J connectivity index is 2.02. The molecule has 3 nitrogen and oxygen atoms in total. The third-order valence-corrected chi connectivity index (χ3v) is 3.37. The zero-order chi connectivity index (χ0) is 13.2. The molecule has 1 aromatic carbocycles. The van der Waals surface area contributed by atoms with Crippen molar-refractivity contribution < 1.29 is 4.79 Å². The van der Waals surface area contributed by atoms with E-state index in [0.717, 1.165) is 34.3 Å². The Kier molecular flexibility index (Phi) is 3.05. The highest BCUT2D eigenvalue weighted by Gasteiger charge is 2.06. The first-order valence-corrected chi connectivity index (χ1v) is 6.28. The molecule has 94 valence electrons. The van der Waals surface area contributed by atoms with Crippen LogP contribution in [0.1, 0.15) is 15.9 Å². The summed E-state index contributed by atoms with van der Waals surface area (Å²) in [5.41, 5.74) is 2.73. The van der Waals surface area contributed by atoms with Gasteiger partial charge in [0, 0.05) is 34.9 Å². The minimum absolute atomic E-state index is 0.618. The highest BCUT2D eigenvalue weighted by atomic mass is 35.5. The lowest BCUT2D eigenvalue weighted by molar-refractivity contribution is 0.112. The number of benzene rings is 1. The van der Waals surface area contributed by atoms with Crippen LogP contribution in [-0.2, 0) is 6.54 Å². The van der Waals surface area contributed by atoms with Crippen molar-refractivity contribution in [1.29, 1.82) is 0 Å². The molecule has 0 unspecified atom stereocenters. The quantitative estimate of drug-likeness (QED) is 0.682. The number of nitrogens with zero attached hydrogens (tertiary/aromatic N) is 2. The molecule has 2 aromatic heterocycles. The van der Waals surface area contributed by atoms with Gasteiger partial charge < -0.3 is 4.57 Å². The smallest absolute Gasteiger partial charge is 0.152 e. The van der Waals surface area contributed by atoms with E-state index in [1.807, 2.05) is 36.5 Å². The second kappa shape index (κ2) is 4.86. The lowest BCUT2D eigenvalue weighted by Gasteiger charge is -2.06. The maximum atomic E-state index is 11.0. The third-order valence-electron chi connectivity index (χ3n) is 3.12. The number of hydrogen-bond acceptors (Lipinski definition) is 2. The fourth-order valence-electron chi connectivity index (χ4n) is 2.15.